The molecule has 19 heteroatoms. The molecule has 6 rings (SSSR count). The van der Waals surface area contributed by atoms with Gasteiger partial charge in [0.05, 0.1) is 49.0 Å². The van der Waals surface area contributed by atoms with E-state index >= 15 is 0 Å². The Balaban J connectivity index is 0.808. The van der Waals surface area contributed by atoms with E-state index in [0.717, 1.165) is 69.8 Å². The minimum atomic E-state index is -3.77. The summed E-state index contributed by atoms with van der Waals surface area (Å²) in [5, 5.41) is 25.0. The molecular weight excluding hydrogens is 836 g/mol. The summed E-state index contributed by atoms with van der Waals surface area (Å²) >= 11 is 6.45. The number of nitrogens with zero attached hydrogens (tertiary/aromatic N) is 4. The number of nitriles is 1. The lowest BCUT2D eigenvalue weighted by Crippen LogP contribution is -2.54. The molecule has 0 spiro atoms. The highest BCUT2D eigenvalue weighted by Gasteiger charge is 2.41. The van der Waals surface area contributed by atoms with Gasteiger partial charge in [-0.3, -0.25) is 9.80 Å². The average Bonchev–Trinajstić information content (AvgIpc) is 4.03. The van der Waals surface area contributed by atoms with Crippen molar-refractivity contribution in [2.24, 2.45) is 0 Å². The molecule has 3 fully saturated rings. The molecule has 1 unspecified atom stereocenters. The fraction of sp³-hybridized carbons (Fsp3) is 0.651. The number of rotatable bonds is 23. The van der Waals surface area contributed by atoms with E-state index in [9.17, 15) is 23.3 Å². The topological polar surface area (TPSA) is 202 Å². The molecule has 3 saturated heterocycles. The molecule has 0 aromatic heterocycles. The summed E-state index contributed by atoms with van der Waals surface area (Å²) in [6, 6.07) is 12.0. The van der Waals surface area contributed by atoms with E-state index in [0.29, 0.717) is 101 Å². The number of piperazine rings is 1. The van der Waals surface area contributed by atoms with E-state index in [2.05, 4.69) is 59.0 Å². The van der Waals surface area contributed by atoms with Gasteiger partial charge in [-0.15, -0.1) is 0 Å². The molecule has 2 aromatic carbocycles. The molecule has 62 heavy (non-hydrogen) atoms. The Hall–Kier alpha value is -3.77. The van der Waals surface area contributed by atoms with Gasteiger partial charge in [-0.25, -0.2) is 22.7 Å². The molecule has 4 aliphatic rings. The Kier molecular flexibility index (Phi) is 18.7. The van der Waals surface area contributed by atoms with Gasteiger partial charge in [0.2, 0.25) is 10.0 Å². The zero-order valence-electron chi connectivity index (χ0n) is 36.0. The minimum absolute atomic E-state index is 0.00739. The number of halogens is 1. The number of nitrogens with one attached hydrogen (secondary N) is 6. The number of fused-ring (bicyclic) bond motifs is 1. The van der Waals surface area contributed by atoms with Gasteiger partial charge in [-0.05, 0) is 113 Å². The maximum absolute atomic E-state index is 13.4. The Morgan fingerprint density at radius 1 is 0.855 bits per heavy atom. The number of hydrogen-bond acceptors (Lipinski definition) is 12. The van der Waals surface area contributed by atoms with Crippen LogP contribution in [-0.2, 0) is 25.9 Å². The van der Waals surface area contributed by atoms with Crippen LogP contribution in [0.15, 0.2) is 41.3 Å². The smallest absolute Gasteiger partial charge is 0.314 e. The van der Waals surface area contributed by atoms with Crippen molar-refractivity contribution < 1.29 is 32.2 Å². The number of carbonyl (C=O) groups excluding carboxylic acids is 2. The maximum Gasteiger partial charge on any atom is 0.314 e. The van der Waals surface area contributed by atoms with Gasteiger partial charge in [0.25, 0.3) is 0 Å². The Morgan fingerprint density at radius 2 is 1.50 bits per heavy atom. The minimum Gasteiger partial charge on any atom is -0.484 e. The highest BCUT2D eigenvalue weighted by Crippen LogP contribution is 2.41. The van der Waals surface area contributed by atoms with Gasteiger partial charge in [-0.2, -0.15) is 5.26 Å². The van der Waals surface area contributed by atoms with Crippen LogP contribution in [0.25, 0.3) is 0 Å². The second kappa shape index (κ2) is 24.3. The molecule has 0 bridgehead atoms. The Morgan fingerprint density at radius 3 is 2.15 bits per heavy atom. The molecule has 4 atom stereocenters. The number of ether oxygens (including phenoxy) is 3. The van der Waals surface area contributed by atoms with Crippen LogP contribution in [0.3, 0.4) is 0 Å². The molecule has 17 nitrogen and oxygen atoms in total. The molecule has 4 amide bonds. The van der Waals surface area contributed by atoms with E-state index in [1.165, 1.54) is 12.8 Å². The van der Waals surface area contributed by atoms with Crippen molar-refractivity contribution in [2.45, 2.75) is 74.6 Å². The third-order valence-corrected chi connectivity index (χ3v) is 13.6. The lowest BCUT2D eigenvalue weighted by molar-refractivity contribution is 0.0595. The van der Waals surface area contributed by atoms with Crippen molar-refractivity contribution in [3.8, 4) is 11.8 Å². The van der Waals surface area contributed by atoms with Crippen molar-refractivity contribution in [1.29, 1.82) is 5.26 Å². The number of sulfonamides is 1. The second-order valence-corrected chi connectivity index (χ2v) is 18.7. The first-order chi connectivity index (χ1) is 30.1. The largest absolute Gasteiger partial charge is 0.484 e. The van der Waals surface area contributed by atoms with Crippen LogP contribution in [0.2, 0.25) is 5.02 Å². The number of hydrogen-bond donors (Lipinski definition) is 6. The standard InChI is InChI=1S/C43H65ClN10O7S/c1-32-30-54(19-13-46-32)40-28-38-33(29-45)26-34(44)27-39(38)41(40)61-36-6-8-37(9-7-36)62(57,58)51-35-10-18-53(31-35)21-25-60-23-15-50-43(56)48-12-3-2-11-47-42(55)49-14-22-59-24-20-52-16-4-5-17-52/h6-9,26-27,32,35,40-41,46,51H,2-5,10-25,28,30-31H2,1H3,(H2,47,49,55)(H2,48,50,56)/t32-,35+,40+,41?/m1/s1. The predicted molar refractivity (Wildman–Crippen MR) is 237 cm³/mol. The van der Waals surface area contributed by atoms with E-state index in [1.807, 2.05) is 6.07 Å². The summed E-state index contributed by atoms with van der Waals surface area (Å²) in [4.78, 5) is 31.2. The molecular formula is C43H65ClN10O7S. The summed E-state index contributed by atoms with van der Waals surface area (Å²) in [7, 11) is -3.77. The molecule has 3 heterocycles. The molecule has 1 aliphatic carbocycles. The molecule has 0 radical (unpaired) electrons. The first kappa shape index (κ1) is 47.7. The second-order valence-electron chi connectivity index (χ2n) is 16.5. The predicted octanol–water partition coefficient (Wildman–Crippen LogP) is 2.41. The number of likely N-dealkylation sites (tertiary alicyclic amines) is 2. The zero-order chi connectivity index (χ0) is 43.7. The molecule has 0 saturated carbocycles. The van der Waals surface area contributed by atoms with E-state index in [-0.39, 0.29) is 35.1 Å². The van der Waals surface area contributed by atoms with E-state index < -0.39 is 10.0 Å². The molecule has 3 aliphatic heterocycles. The van der Waals surface area contributed by atoms with Crippen molar-refractivity contribution in [1.82, 2.24) is 46.0 Å². The van der Waals surface area contributed by atoms with E-state index in [4.69, 9.17) is 25.8 Å². The van der Waals surface area contributed by atoms with Crippen LogP contribution < -0.4 is 36.0 Å². The van der Waals surface area contributed by atoms with Gasteiger partial charge in [0.1, 0.15) is 11.9 Å². The van der Waals surface area contributed by atoms with Gasteiger partial charge in [0.15, 0.2) is 0 Å². The highest BCUT2D eigenvalue weighted by molar-refractivity contribution is 7.89. The lowest BCUT2D eigenvalue weighted by Gasteiger charge is -2.38. The summed E-state index contributed by atoms with van der Waals surface area (Å²) in [6.07, 6.45) is 4.99. The third-order valence-electron chi connectivity index (χ3n) is 11.8. The van der Waals surface area contributed by atoms with Gasteiger partial charge in [-0.1, -0.05) is 11.6 Å². The number of benzene rings is 2. The van der Waals surface area contributed by atoms with Crippen molar-refractivity contribution in [3.63, 3.8) is 0 Å². The van der Waals surface area contributed by atoms with Crippen LogP contribution in [-0.4, -0.2) is 165 Å². The summed E-state index contributed by atoms with van der Waals surface area (Å²) in [6.45, 7) is 13.8. The molecule has 2 aromatic rings. The van der Waals surface area contributed by atoms with Crippen molar-refractivity contribution in [3.05, 3.63) is 58.1 Å². The van der Waals surface area contributed by atoms with Crippen molar-refractivity contribution in [2.75, 3.05) is 112 Å². The summed E-state index contributed by atoms with van der Waals surface area (Å²) in [5.41, 5.74) is 2.41. The van der Waals surface area contributed by atoms with Crippen LogP contribution in [0.4, 0.5) is 9.59 Å². The van der Waals surface area contributed by atoms with E-state index in [1.54, 1.807) is 30.3 Å². The number of unbranched alkanes of at least 4 members (excludes halogenated alkanes) is 1. The maximum atomic E-state index is 13.4. The molecule has 342 valence electrons. The lowest BCUT2D eigenvalue weighted by atomic mass is 10.0. The van der Waals surface area contributed by atoms with Crippen LogP contribution in [0.1, 0.15) is 61.8 Å². The molecule has 6 N–H and O–H groups in total. The number of amides is 4. The number of carbonyl (C=O) groups is 2. The van der Waals surface area contributed by atoms with Crippen LogP contribution >= 0.6 is 11.6 Å². The number of urea groups is 2. The van der Waals surface area contributed by atoms with Crippen molar-refractivity contribution >= 4 is 33.7 Å². The summed E-state index contributed by atoms with van der Waals surface area (Å²) in [5.74, 6) is 0.541. The van der Waals surface area contributed by atoms with Gasteiger partial charge >= 0.3 is 12.1 Å². The van der Waals surface area contributed by atoms with Crippen LogP contribution in [0.5, 0.6) is 5.75 Å². The Bertz CT molecular complexity index is 1900. The third kappa shape index (κ3) is 14.6. The SMILES string of the molecule is C[C@@H]1CN([C@H]2Cc3c(C#N)cc(Cl)cc3C2Oc2ccc(S(=O)(=O)N[C@H]3CCN(CCOCCNC(=O)NCCCCNC(=O)NCCOCCN4CCCC4)C3)cc2)CCN1. The highest BCUT2D eigenvalue weighted by atomic mass is 35.5. The first-order valence-electron chi connectivity index (χ1n) is 22.2. The zero-order valence-corrected chi connectivity index (χ0v) is 37.5. The normalized spacial score (nSPS) is 22.0. The Labute approximate surface area is 371 Å². The van der Waals surface area contributed by atoms with Gasteiger partial charge in [0, 0.05) is 82.6 Å². The summed E-state index contributed by atoms with van der Waals surface area (Å²) < 4.78 is 47.6. The van der Waals surface area contributed by atoms with Gasteiger partial charge < -0.3 is 45.7 Å². The fourth-order valence-electron chi connectivity index (χ4n) is 8.60. The monoisotopic (exact) mass is 900 g/mol. The quantitative estimate of drug-likeness (QED) is 0.0892. The average molecular weight is 902 g/mol. The van der Waals surface area contributed by atoms with Crippen LogP contribution in [0, 0.1) is 11.3 Å². The first-order valence-corrected chi connectivity index (χ1v) is 24.1. The fourth-order valence-corrected chi connectivity index (χ4v) is 10.1.